The first-order chi connectivity index (χ1) is 4.77. The van der Waals surface area contributed by atoms with E-state index in [4.69, 9.17) is 0 Å². The quantitative estimate of drug-likeness (QED) is 0.501. The Balaban J connectivity index is -0.000000196. The Bertz CT molecular complexity index is 84.2. The molecule has 3 heteroatoms. The van der Waals surface area contributed by atoms with Crippen LogP contribution >= 0.6 is 0 Å². The number of hydrogen-bond donors (Lipinski definition) is 1. The fourth-order valence-corrected chi connectivity index (χ4v) is 0.519. The van der Waals surface area contributed by atoms with E-state index in [2.05, 4.69) is 13.2 Å². The Hall–Kier alpha value is -0.830. The molecule has 0 aliphatic carbocycles. The van der Waals surface area contributed by atoms with E-state index >= 15 is 0 Å². The van der Waals surface area contributed by atoms with Crippen LogP contribution in [0.2, 0.25) is 0 Å². The van der Waals surface area contributed by atoms with E-state index in [1.54, 1.807) is 0 Å². The summed E-state index contributed by atoms with van der Waals surface area (Å²) in [6.07, 6.45) is 3.04. The summed E-state index contributed by atoms with van der Waals surface area (Å²) in [5.41, 5.74) is 0. The van der Waals surface area contributed by atoms with Gasteiger partial charge >= 0.3 is 0 Å². The number of rotatable bonds is 4. The second-order valence-corrected chi connectivity index (χ2v) is 1.83. The van der Waals surface area contributed by atoms with Crippen molar-refractivity contribution in [2.75, 3.05) is 0 Å². The zero-order chi connectivity index (χ0) is 8.41. The number of quaternary nitrogens is 1. The highest BCUT2D eigenvalue weighted by Crippen LogP contribution is 1.96. The fourth-order valence-electron chi connectivity index (χ4n) is 0.519. The number of carboxylic acid groups (broad SMARTS) is 1. The number of aliphatic carboxylic acids is 1. The van der Waals surface area contributed by atoms with Gasteiger partial charge in [0.2, 0.25) is 0 Å². The number of unbranched alkanes of at least 4 members (excludes halogenated alkanes) is 2. The van der Waals surface area contributed by atoms with Crippen molar-refractivity contribution in [3.05, 3.63) is 13.2 Å². The lowest BCUT2D eigenvalue weighted by Crippen LogP contribution is -2.21. The van der Waals surface area contributed by atoms with Crippen LogP contribution in [-0.4, -0.2) is 5.97 Å². The van der Waals surface area contributed by atoms with Crippen molar-refractivity contribution in [1.82, 2.24) is 6.15 Å². The molecule has 0 saturated carbocycles. The molecule has 0 atom stereocenters. The predicted octanol–water partition coefficient (Wildman–Crippen LogP) is 1.49. The summed E-state index contributed by atoms with van der Waals surface area (Å²) in [5, 5.41) is 9.76. The maximum absolute atomic E-state index is 9.76. The second kappa shape index (κ2) is 16.1. The van der Waals surface area contributed by atoms with Crippen LogP contribution in [0.3, 0.4) is 0 Å². The molecule has 0 aliphatic rings. The van der Waals surface area contributed by atoms with Crippen molar-refractivity contribution in [2.24, 2.45) is 0 Å². The molecule has 0 aromatic carbocycles. The molecule has 0 aromatic rings. The smallest absolute Gasteiger partial charge is 0.0414 e. The van der Waals surface area contributed by atoms with E-state index in [9.17, 15) is 9.90 Å². The molecule has 0 fully saturated rings. The van der Waals surface area contributed by atoms with Crippen molar-refractivity contribution in [3.63, 3.8) is 0 Å². The van der Waals surface area contributed by atoms with E-state index in [1.165, 1.54) is 0 Å². The van der Waals surface area contributed by atoms with Crippen LogP contribution in [-0.2, 0) is 4.79 Å². The highest BCUT2D eigenvalue weighted by Gasteiger charge is 1.84. The van der Waals surface area contributed by atoms with Gasteiger partial charge in [0.15, 0.2) is 0 Å². The highest BCUT2D eigenvalue weighted by molar-refractivity contribution is 5.63. The first-order valence-electron chi connectivity index (χ1n) is 3.47. The zero-order valence-electron chi connectivity index (χ0n) is 7.56. The van der Waals surface area contributed by atoms with Gasteiger partial charge in [0, 0.05) is 5.97 Å². The summed E-state index contributed by atoms with van der Waals surface area (Å²) < 4.78 is 0. The molecule has 0 amide bonds. The normalized spacial score (nSPS) is 7.00. The second-order valence-electron chi connectivity index (χ2n) is 1.83. The fraction of sp³-hybridized carbons (Fsp3) is 0.625. The summed E-state index contributed by atoms with van der Waals surface area (Å²) in [4.78, 5) is 9.76. The molecule has 0 rings (SSSR count). The minimum atomic E-state index is -0.932. The van der Waals surface area contributed by atoms with Gasteiger partial charge in [-0.25, -0.2) is 0 Å². The Morgan fingerprint density at radius 1 is 1.36 bits per heavy atom. The lowest BCUT2D eigenvalue weighted by molar-refractivity contribution is -0.305. The Kier molecular flexibility index (Phi) is 24.3. The van der Waals surface area contributed by atoms with E-state index in [-0.39, 0.29) is 12.6 Å². The molecule has 0 bridgehead atoms. The molecule has 0 unspecified atom stereocenters. The summed E-state index contributed by atoms with van der Waals surface area (Å²) in [6, 6.07) is 0. The standard InChI is InChI=1S/C6H12O2.C2H4.H3N/c1-2-3-4-5-6(7)8;1-2;/h2-5H2,1H3,(H,7,8);1-2H2;1H3. The van der Waals surface area contributed by atoms with Crippen LogP contribution in [0.25, 0.3) is 0 Å². The van der Waals surface area contributed by atoms with Crippen molar-refractivity contribution in [2.45, 2.75) is 32.6 Å². The predicted molar refractivity (Wildman–Crippen MR) is 46.4 cm³/mol. The zero-order valence-corrected chi connectivity index (χ0v) is 7.56. The molecule has 0 radical (unpaired) electrons. The molecule has 0 saturated heterocycles. The molecule has 0 aromatic heterocycles. The number of hydrogen-bond acceptors (Lipinski definition) is 2. The third-order valence-corrected chi connectivity index (χ3v) is 0.984. The summed E-state index contributed by atoms with van der Waals surface area (Å²) in [6.45, 7) is 8.04. The molecule has 0 spiro atoms. The first-order valence-corrected chi connectivity index (χ1v) is 3.47. The van der Waals surface area contributed by atoms with Crippen LogP contribution < -0.4 is 11.3 Å². The summed E-state index contributed by atoms with van der Waals surface area (Å²) >= 11 is 0. The van der Waals surface area contributed by atoms with Crippen LogP contribution in [0, 0.1) is 0 Å². The van der Waals surface area contributed by atoms with Gasteiger partial charge in [0.1, 0.15) is 0 Å². The first kappa shape index (κ1) is 16.6. The lowest BCUT2D eigenvalue weighted by Gasteiger charge is -1.97. The molecular formula is C8H19NO2. The Morgan fingerprint density at radius 2 is 1.82 bits per heavy atom. The van der Waals surface area contributed by atoms with Crippen molar-refractivity contribution < 1.29 is 9.90 Å². The highest BCUT2D eigenvalue weighted by atomic mass is 16.4. The monoisotopic (exact) mass is 161 g/mol. The van der Waals surface area contributed by atoms with Gasteiger partial charge in [0.25, 0.3) is 0 Å². The van der Waals surface area contributed by atoms with E-state index in [1.807, 2.05) is 6.92 Å². The Morgan fingerprint density at radius 3 is 2.09 bits per heavy atom. The number of carbonyl (C=O) groups is 1. The van der Waals surface area contributed by atoms with Gasteiger partial charge in [-0.3, -0.25) is 0 Å². The maximum Gasteiger partial charge on any atom is 0.0414 e. The van der Waals surface area contributed by atoms with Crippen LogP contribution in [0.1, 0.15) is 32.6 Å². The molecular weight excluding hydrogens is 142 g/mol. The van der Waals surface area contributed by atoms with Gasteiger partial charge < -0.3 is 16.1 Å². The molecule has 3 nitrogen and oxygen atoms in total. The largest absolute Gasteiger partial charge is 0.550 e. The van der Waals surface area contributed by atoms with Gasteiger partial charge in [0.05, 0.1) is 0 Å². The molecule has 0 heterocycles. The number of carboxylic acids is 1. The number of carbonyl (C=O) groups excluding carboxylic acids is 1. The summed E-state index contributed by atoms with van der Waals surface area (Å²) in [5.74, 6) is -0.932. The molecule has 11 heavy (non-hydrogen) atoms. The SMILES string of the molecule is C=C.CCCCCC(=O)[O-].[NH4+]. The van der Waals surface area contributed by atoms with E-state index < -0.39 is 5.97 Å². The third kappa shape index (κ3) is 27.1. The van der Waals surface area contributed by atoms with Crippen LogP contribution in [0.15, 0.2) is 13.2 Å². The van der Waals surface area contributed by atoms with Crippen molar-refractivity contribution >= 4 is 5.97 Å². The van der Waals surface area contributed by atoms with Gasteiger partial charge in [-0.2, -0.15) is 0 Å². The van der Waals surface area contributed by atoms with E-state index in [0.29, 0.717) is 0 Å². The van der Waals surface area contributed by atoms with Gasteiger partial charge in [-0.05, 0) is 12.8 Å². The average molecular weight is 161 g/mol. The third-order valence-electron chi connectivity index (χ3n) is 0.984. The maximum atomic E-state index is 9.76. The minimum absolute atomic E-state index is 0. The molecule has 68 valence electrons. The van der Waals surface area contributed by atoms with Crippen LogP contribution in [0.5, 0.6) is 0 Å². The topological polar surface area (TPSA) is 76.6 Å². The Labute approximate surface area is 68.7 Å². The van der Waals surface area contributed by atoms with Crippen LogP contribution in [0.4, 0.5) is 0 Å². The average Bonchev–Trinajstić information content (AvgIpc) is 1.92. The minimum Gasteiger partial charge on any atom is -0.550 e. The van der Waals surface area contributed by atoms with Gasteiger partial charge in [-0.1, -0.05) is 19.8 Å². The van der Waals surface area contributed by atoms with E-state index in [0.717, 1.165) is 19.3 Å². The van der Waals surface area contributed by atoms with Gasteiger partial charge in [-0.15, -0.1) is 13.2 Å². The van der Waals surface area contributed by atoms with Crippen molar-refractivity contribution in [3.8, 4) is 0 Å². The lowest BCUT2D eigenvalue weighted by atomic mass is 10.2. The molecule has 4 N–H and O–H groups in total. The molecule has 0 aliphatic heterocycles. The summed E-state index contributed by atoms with van der Waals surface area (Å²) in [7, 11) is 0. The van der Waals surface area contributed by atoms with Crippen molar-refractivity contribution in [1.29, 1.82) is 0 Å².